The van der Waals surface area contributed by atoms with Crippen molar-refractivity contribution in [3.8, 4) is 11.4 Å². The number of anilines is 2. The first-order chi connectivity index (χ1) is 19.0. The second-order valence-electron chi connectivity index (χ2n) is 9.62. The first kappa shape index (κ1) is 25.3. The number of aromatic nitrogens is 1. The van der Waals surface area contributed by atoms with Crippen LogP contribution in [0, 0.1) is 0 Å². The molecule has 1 N–H and O–H groups in total. The van der Waals surface area contributed by atoms with Gasteiger partial charge in [-0.05, 0) is 66.9 Å². The van der Waals surface area contributed by atoms with Crippen LogP contribution in [-0.2, 0) is 4.79 Å². The predicted molar refractivity (Wildman–Crippen MR) is 153 cm³/mol. The smallest absolute Gasteiger partial charge is 0.322 e. The maximum atomic E-state index is 14.2. The second kappa shape index (κ2) is 10.3. The Hall–Kier alpha value is -3.94. The van der Waals surface area contributed by atoms with Crippen molar-refractivity contribution in [2.24, 2.45) is 0 Å². The summed E-state index contributed by atoms with van der Waals surface area (Å²) >= 11 is 12.5. The number of fused-ring (bicyclic) bond motifs is 3. The Balaban J connectivity index is 1.36. The van der Waals surface area contributed by atoms with Crippen molar-refractivity contribution in [3.63, 3.8) is 0 Å². The molecule has 7 nitrogen and oxygen atoms in total. The van der Waals surface area contributed by atoms with Crippen LogP contribution in [0.4, 0.5) is 16.2 Å². The molecule has 1 aromatic heterocycles. The highest BCUT2D eigenvalue weighted by atomic mass is 35.5. The topological polar surface area (TPSA) is 66.8 Å². The lowest BCUT2D eigenvalue weighted by Gasteiger charge is -2.39. The molecule has 3 amide bonds. The van der Waals surface area contributed by atoms with Crippen LogP contribution in [-0.4, -0.2) is 41.1 Å². The lowest BCUT2D eigenvalue weighted by Crippen LogP contribution is -2.48. The van der Waals surface area contributed by atoms with Gasteiger partial charge in [-0.3, -0.25) is 9.69 Å². The number of carbonyl (C=O) groups is 2. The second-order valence-corrected chi connectivity index (χ2v) is 10.4. The Morgan fingerprint density at radius 3 is 2.41 bits per heavy atom. The van der Waals surface area contributed by atoms with Gasteiger partial charge in [-0.1, -0.05) is 53.5 Å². The van der Waals surface area contributed by atoms with Gasteiger partial charge in [0, 0.05) is 12.2 Å². The largest absolute Gasteiger partial charge is 0.497 e. The highest BCUT2D eigenvalue weighted by molar-refractivity contribution is 6.44. The third-order valence-corrected chi connectivity index (χ3v) is 7.99. The van der Waals surface area contributed by atoms with E-state index in [9.17, 15) is 9.59 Å². The van der Waals surface area contributed by atoms with Crippen LogP contribution in [0.3, 0.4) is 0 Å². The molecule has 1 unspecified atom stereocenters. The fourth-order valence-electron chi connectivity index (χ4n) is 5.13. The maximum absolute atomic E-state index is 14.2. The highest BCUT2D eigenvalue weighted by Gasteiger charge is 2.40. The number of hydrogen-bond donors (Lipinski definition) is 1. The first-order valence-electron chi connectivity index (χ1n) is 12.7. The summed E-state index contributed by atoms with van der Waals surface area (Å²) in [5.41, 5.74) is 3.99. The van der Waals surface area contributed by atoms with Crippen LogP contribution in [0.25, 0.3) is 5.69 Å². The molecule has 3 aromatic carbocycles. The predicted octanol–water partition coefficient (Wildman–Crippen LogP) is 6.93. The number of nitrogens with zero attached hydrogens (tertiary/aromatic N) is 3. The van der Waals surface area contributed by atoms with Crippen molar-refractivity contribution in [2.45, 2.75) is 24.9 Å². The van der Waals surface area contributed by atoms with Gasteiger partial charge < -0.3 is 19.5 Å². The minimum Gasteiger partial charge on any atom is -0.497 e. The quantitative estimate of drug-likeness (QED) is 0.278. The molecule has 1 saturated carbocycles. The summed E-state index contributed by atoms with van der Waals surface area (Å²) in [4.78, 5) is 31.1. The minimum absolute atomic E-state index is 0.0183. The molecule has 6 rings (SSSR count). The van der Waals surface area contributed by atoms with Crippen molar-refractivity contribution in [2.75, 3.05) is 23.9 Å². The van der Waals surface area contributed by atoms with Crippen LogP contribution < -0.4 is 15.0 Å². The van der Waals surface area contributed by atoms with Gasteiger partial charge in [-0.15, -0.1) is 0 Å². The molecule has 0 bridgehead atoms. The fraction of sp³-hybridized carbons (Fsp3) is 0.200. The summed E-state index contributed by atoms with van der Waals surface area (Å²) in [5, 5.41) is 3.46. The minimum atomic E-state index is -0.389. The molecule has 4 aromatic rings. The lowest BCUT2D eigenvalue weighted by molar-refractivity contribution is -0.119. The number of methoxy groups -OCH3 is 1. The molecule has 0 saturated heterocycles. The normalized spacial score (nSPS) is 15.8. The van der Waals surface area contributed by atoms with Gasteiger partial charge in [-0.25, -0.2) is 4.79 Å². The van der Waals surface area contributed by atoms with E-state index in [-0.39, 0.29) is 35.6 Å². The van der Waals surface area contributed by atoms with E-state index in [4.69, 9.17) is 27.9 Å². The zero-order valence-electron chi connectivity index (χ0n) is 21.2. The van der Waals surface area contributed by atoms with Gasteiger partial charge >= 0.3 is 6.03 Å². The average Bonchev–Trinajstić information content (AvgIpc) is 3.68. The molecule has 2 heterocycles. The summed E-state index contributed by atoms with van der Waals surface area (Å²) < 4.78 is 7.48. The molecule has 1 aliphatic carbocycles. The van der Waals surface area contributed by atoms with E-state index in [1.165, 1.54) is 0 Å². The van der Waals surface area contributed by atoms with E-state index < -0.39 is 0 Å². The molecule has 9 heteroatoms. The number of ether oxygens (including phenoxy) is 1. The third-order valence-electron chi connectivity index (χ3n) is 7.17. The molecule has 0 radical (unpaired) electrons. The standard InChI is InChI=1S/C30H26Cl2N4O3/c1-39-21-15-11-19(12-16-21)29-26-10-5-17-34(26)24-8-2-3-9-25(24)36(29)27(37)18-35(20-13-14-20)30(38)33-23-7-4-6-22(31)28(23)32/h2-12,15-17,20,29H,13-14,18H2,1H3,(H,33,38). The van der Waals surface area contributed by atoms with E-state index in [0.29, 0.717) is 10.7 Å². The van der Waals surface area contributed by atoms with Crippen molar-refractivity contribution < 1.29 is 14.3 Å². The number of urea groups is 1. The highest BCUT2D eigenvalue weighted by Crippen LogP contribution is 2.43. The number of rotatable bonds is 6. The molecule has 0 spiro atoms. The first-order valence-corrected chi connectivity index (χ1v) is 13.5. The lowest BCUT2D eigenvalue weighted by atomic mass is 9.97. The van der Waals surface area contributed by atoms with Gasteiger partial charge in [0.1, 0.15) is 18.3 Å². The zero-order chi connectivity index (χ0) is 27.1. The van der Waals surface area contributed by atoms with Crippen molar-refractivity contribution in [1.82, 2.24) is 9.47 Å². The summed E-state index contributed by atoms with van der Waals surface area (Å²) in [6.45, 7) is -0.0869. The average molecular weight is 561 g/mol. The van der Waals surface area contributed by atoms with E-state index in [1.807, 2.05) is 71.8 Å². The van der Waals surface area contributed by atoms with E-state index in [2.05, 4.69) is 9.88 Å². The Kier molecular flexibility index (Phi) is 6.71. The molecule has 2 aliphatic rings. The number of halogens is 2. The Bertz CT molecular complexity index is 1550. The van der Waals surface area contributed by atoms with Crippen molar-refractivity contribution in [1.29, 1.82) is 0 Å². The Morgan fingerprint density at radius 1 is 0.949 bits per heavy atom. The summed E-state index contributed by atoms with van der Waals surface area (Å²) in [7, 11) is 1.63. The van der Waals surface area contributed by atoms with Gasteiger partial charge in [0.2, 0.25) is 5.91 Å². The van der Waals surface area contributed by atoms with Crippen LogP contribution in [0.1, 0.15) is 30.1 Å². The van der Waals surface area contributed by atoms with Crippen LogP contribution in [0.15, 0.2) is 85.1 Å². The van der Waals surface area contributed by atoms with Crippen molar-refractivity contribution >= 4 is 46.5 Å². The summed E-state index contributed by atoms with van der Waals surface area (Å²) in [6, 6.07) is 23.8. The number of para-hydroxylation sites is 2. The molecule has 39 heavy (non-hydrogen) atoms. The number of nitrogens with one attached hydrogen (secondary N) is 1. The maximum Gasteiger partial charge on any atom is 0.322 e. The zero-order valence-corrected chi connectivity index (χ0v) is 22.7. The SMILES string of the molecule is COc1ccc(C2c3cccn3-c3ccccc3N2C(=O)CN(C(=O)Nc2cccc(Cl)c2Cl)C2CC2)cc1. The summed E-state index contributed by atoms with van der Waals surface area (Å²) in [6.07, 6.45) is 3.68. The third kappa shape index (κ3) is 4.73. The molecular weight excluding hydrogens is 535 g/mol. The van der Waals surface area contributed by atoms with E-state index in [0.717, 1.165) is 41.2 Å². The van der Waals surface area contributed by atoms with Crippen molar-refractivity contribution in [3.05, 3.63) is 106 Å². The molecule has 1 fully saturated rings. The van der Waals surface area contributed by atoms with Crippen LogP contribution in [0.2, 0.25) is 10.0 Å². The van der Waals surface area contributed by atoms with Gasteiger partial charge in [-0.2, -0.15) is 0 Å². The van der Waals surface area contributed by atoms with Crippen LogP contribution >= 0.6 is 23.2 Å². The van der Waals surface area contributed by atoms with Gasteiger partial charge in [0.25, 0.3) is 0 Å². The molecule has 198 valence electrons. The van der Waals surface area contributed by atoms with Crippen LogP contribution in [0.5, 0.6) is 5.75 Å². The molecule has 1 atom stereocenters. The Morgan fingerprint density at radius 2 is 1.69 bits per heavy atom. The molecule has 1 aliphatic heterocycles. The van der Waals surface area contributed by atoms with Gasteiger partial charge in [0.05, 0.1) is 39.9 Å². The monoisotopic (exact) mass is 560 g/mol. The molecular formula is C30H26Cl2N4O3. The summed E-state index contributed by atoms with van der Waals surface area (Å²) in [5.74, 6) is 0.550. The van der Waals surface area contributed by atoms with E-state index in [1.54, 1.807) is 30.2 Å². The Labute approximate surface area is 236 Å². The van der Waals surface area contributed by atoms with E-state index >= 15 is 0 Å². The number of hydrogen-bond acceptors (Lipinski definition) is 3. The van der Waals surface area contributed by atoms with Gasteiger partial charge in [0.15, 0.2) is 0 Å². The number of benzene rings is 3. The number of carbonyl (C=O) groups excluding carboxylic acids is 2. The number of amides is 3. The fourth-order valence-corrected chi connectivity index (χ4v) is 5.47.